The highest BCUT2D eigenvalue weighted by Crippen LogP contribution is 2.28. The second-order valence-electron chi connectivity index (χ2n) is 6.27. The average molecular weight is 274 g/mol. The summed E-state index contributed by atoms with van der Waals surface area (Å²) in [6.07, 6.45) is 3.89. The monoisotopic (exact) mass is 274 g/mol. The molecule has 1 aromatic carbocycles. The molecule has 1 aromatic rings. The number of unbranched alkanes of at least 4 members (excludes halogenated alkanes) is 1. The molecule has 0 bridgehead atoms. The van der Waals surface area contributed by atoms with Crippen molar-refractivity contribution in [1.82, 2.24) is 10.2 Å². The highest BCUT2D eigenvalue weighted by atomic mass is 15.2. The standard InChI is InChI=1S/C18H30N2/c1-4-5-6-18(20-13-11-19-12-14-20)17-9-7-16(8-10-17)15(2)3/h7-10,15,18-19H,4-6,11-14H2,1-3H3/t18-/m0/s1. The van der Waals surface area contributed by atoms with Crippen molar-refractivity contribution >= 4 is 0 Å². The summed E-state index contributed by atoms with van der Waals surface area (Å²) in [5, 5.41) is 3.46. The molecule has 0 saturated carbocycles. The van der Waals surface area contributed by atoms with Crippen molar-refractivity contribution in [1.29, 1.82) is 0 Å². The van der Waals surface area contributed by atoms with Crippen molar-refractivity contribution in [3.8, 4) is 0 Å². The van der Waals surface area contributed by atoms with Crippen LogP contribution in [0.5, 0.6) is 0 Å². The first-order valence-electron chi connectivity index (χ1n) is 8.27. The maximum Gasteiger partial charge on any atom is 0.0349 e. The van der Waals surface area contributed by atoms with E-state index in [4.69, 9.17) is 0 Å². The molecule has 2 nitrogen and oxygen atoms in total. The van der Waals surface area contributed by atoms with Crippen LogP contribution in [0.4, 0.5) is 0 Å². The van der Waals surface area contributed by atoms with Crippen LogP contribution in [0.3, 0.4) is 0 Å². The van der Waals surface area contributed by atoms with Gasteiger partial charge in [-0.15, -0.1) is 0 Å². The first kappa shape index (κ1) is 15.5. The van der Waals surface area contributed by atoms with Crippen LogP contribution in [-0.4, -0.2) is 31.1 Å². The molecular formula is C18H30N2. The van der Waals surface area contributed by atoms with Gasteiger partial charge in [-0.1, -0.05) is 57.9 Å². The molecule has 0 unspecified atom stereocenters. The molecule has 20 heavy (non-hydrogen) atoms. The summed E-state index contributed by atoms with van der Waals surface area (Å²) >= 11 is 0. The van der Waals surface area contributed by atoms with Crippen molar-refractivity contribution in [2.24, 2.45) is 0 Å². The molecule has 1 N–H and O–H groups in total. The van der Waals surface area contributed by atoms with E-state index in [9.17, 15) is 0 Å². The molecular weight excluding hydrogens is 244 g/mol. The largest absolute Gasteiger partial charge is 0.314 e. The number of rotatable bonds is 6. The molecule has 1 atom stereocenters. The van der Waals surface area contributed by atoms with Gasteiger partial charge in [-0.05, 0) is 23.5 Å². The third kappa shape index (κ3) is 4.07. The van der Waals surface area contributed by atoms with Gasteiger partial charge >= 0.3 is 0 Å². The average Bonchev–Trinajstić information content (AvgIpc) is 2.49. The Hall–Kier alpha value is -0.860. The van der Waals surface area contributed by atoms with E-state index in [2.05, 4.69) is 55.3 Å². The predicted octanol–water partition coefficient (Wildman–Crippen LogP) is 3.95. The zero-order chi connectivity index (χ0) is 14.4. The lowest BCUT2D eigenvalue weighted by Crippen LogP contribution is -2.45. The summed E-state index contributed by atoms with van der Waals surface area (Å²) in [4.78, 5) is 2.66. The van der Waals surface area contributed by atoms with Crippen LogP contribution in [0.2, 0.25) is 0 Å². The molecule has 1 aliphatic heterocycles. The smallest absolute Gasteiger partial charge is 0.0349 e. The van der Waals surface area contributed by atoms with Gasteiger partial charge in [0, 0.05) is 32.2 Å². The molecule has 1 heterocycles. The van der Waals surface area contributed by atoms with E-state index in [1.165, 1.54) is 43.5 Å². The van der Waals surface area contributed by atoms with Crippen LogP contribution >= 0.6 is 0 Å². The summed E-state index contributed by atoms with van der Waals surface area (Å²) in [7, 11) is 0. The summed E-state index contributed by atoms with van der Waals surface area (Å²) < 4.78 is 0. The van der Waals surface area contributed by atoms with Crippen molar-refractivity contribution in [3.05, 3.63) is 35.4 Å². The van der Waals surface area contributed by atoms with Crippen LogP contribution in [0.1, 0.15) is 63.1 Å². The predicted molar refractivity (Wildman–Crippen MR) is 87.2 cm³/mol. The number of benzene rings is 1. The molecule has 2 rings (SSSR count). The van der Waals surface area contributed by atoms with Gasteiger partial charge in [0.15, 0.2) is 0 Å². The number of hydrogen-bond donors (Lipinski definition) is 1. The Morgan fingerprint density at radius 3 is 2.20 bits per heavy atom. The molecule has 2 heteroatoms. The Morgan fingerprint density at radius 1 is 1.05 bits per heavy atom. The van der Waals surface area contributed by atoms with E-state index in [0.29, 0.717) is 12.0 Å². The highest BCUT2D eigenvalue weighted by Gasteiger charge is 2.21. The van der Waals surface area contributed by atoms with Crippen LogP contribution in [0, 0.1) is 0 Å². The number of hydrogen-bond acceptors (Lipinski definition) is 2. The molecule has 0 radical (unpaired) electrons. The van der Waals surface area contributed by atoms with E-state index < -0.39 is 0 Å². The van der Waals surface area contributed by atoms with Gasteiger partial charge in [-0.25, -0.2) is 0 Å². The minimum Gasteiger partial charge on any atom is -0.314 e. The molecule has 0 aliphatic carbocycles. The van der Waals surface area contributed by atoms with Crippen molar-refractivity contribution in [2.75, 3.05) is 26.2 Å². The third-order valence-electron chi connectivity index (χ3n) is 4.41. The Balaban J connectivity index is 2.11. The quantitative estimate of drug-likeness (QED) is 0.845. The van der Waals surface area contributed by atoms with Crippen LogP contribution in [0.25, 0.3) is 0 Å². The van der Waals surface area contributed by atoms with Crippen molar-refractivity contribution < 1.29 is 0 Å². The maximum absolute atomic E-state index is 3.46. The highest BCUT2D eigenvalue weighted by molar-refractivity contribution is 5.27. The first-order valence-corrected chi connectivity index (χ1v) is 8.27. The molecule has 1 fully saturated rings. The lowest BCUT2D eigenvalue weighted by Gasteiger charge is -2.35. The zero-order valence-electron chi connectivity index (χ0n) is 13.4. The Kier molecular flexibility index (Phi) is 6.06. The van der Waals surface area contributed by atoms with Crippen LogP contribution in [-0.2, 0) is 0 Å². The second kappa shape index (κ2) is 7.80. The van der Waals surface area contributed by atoms with Crippen LogP contribution in [0.15, 0.2) is 24.3 Å². The van der Waals surface area contributed by atoms with Gasteiger partial charge in [0.1, 0.15) is 0 Å². The van der Waals surface area contributed by atoms with Crippen molar-refractivity contribution in [3.63, 3.8) is 0 Å². The molecule has 112 valence electrons. The van der Waals surface area contributed by atoms with Gasteiger partial charge in [-0.2, -0.15) is 0 Å². The van der Waals surface area contributed by atoms with E-state index in [1.807, 2.05) is 0 Å². The number of nitrogens with one attached hydrogen (secondary N) is 1. The van der Waals surface area contributed by atoms with E-state index >= 15 is 0 Å². The SMILES string of the molecule is CCCC[C@@H](c1ccc(C(C)C)cc1)N1CCNCC1. The van der Waals surface area contributed by atoms with E-state index in [-0.39, 0.29) is 0 Å². The molecule has 1 aliphatic rings. The maximum atomic E-state index is 3.46. The minimum atomic E-state index is 0.610. The van der Waals surface area contributed by atoms with E-state index in [1.54, 1.807) is 0 Å². The number of nitrogens with zero attached hydrogens (tertiary/aromatic N) is 1. The van der Waals surface area contributed by atoms with Gasteiger partial charge in [0.25, 0.3) is 0 Å². The normalized spacial score (nSPS) is 18.4. The summed E-state index contributed by atoms with van der Waals surface area (Å²) in [6.45, 7) is 11.4. The fourth-order valence-electron chi connectivity index (χ4n) is 3.05. The molecule has 1 saturated heterocycles. The van der Waals surface area contributed by atoms with Gasteiger partial charge in [0.05, 0.1) is 0 Å². The Bertz CT molecular complexity index is 377. The topological polar surface area (TPSA) is 15.3 Å². The fourth-order valence-corrected chi connectivity index (χ4v) is 3.05. The second-order valence-corrected chi connectivity index (χ2v) is 6.27. The van der Waals surface area contributed by atoms with Gasteiger partial charge in [0.2, 0.25) is 0 Å². The van der Waals surface area contributed by atoms with Gasteiger partial charge in [-0.3, -0.25) is 4.90 Å². The fraction of sp³-hybridized carbons (Fsp3) is 0.667. The molecule has 0 amide bonds. The van der Waals surface area contributed by atoms with Gasteiger partial charge < -0.3 is 5.32 Å². The van der Waals surface area contributed by atoms with Crippen molar-refractivity contribution in [2.45, 2.75) is 52.0 Å². The summed E-state index contributed by atoms with van der Waals surface area (Å²) in [6, 6.07) is 9.97. The summed E-state index contributed by atoms with van der Waals surface area (Å²) in [5.74, 6) is 0.623. The Labute approximate surface area is 124 Å². The van der Waals surface area contributed by atoms with E-state index in [0.717, 1.165) is 13.1 Å². The lowest BCUT2D eigenvalue weighted by atomic mass is 9.95. The first-order chi connectivity index (χ1) is 9.72. The molecule has 0 aromatic heterocycles. The Morgan fingerprint density at radius 2 is 1.65 bits per heavy atom. The third-order valence-corrected chi connectivity index (χ3v) is 4.41. The summed E-state index contributed by atoms with van der Waals surface area (Å²) in [5.41, 5.74) is 2.95. The zero-order valence-corrected chi connectivity index (χ0v) is 13.4. The minimum absolute atomic E-state index is 0.610. The lowest BCUT2D eigenvalue weighted by molar-refractivity contribution is 0.163. The number of piperazine rings is 1. The van der Waals surface area contributed by atoms with Crippen LogP contribution < -0.4 is 5.32 Å². The molecule has 0 spiro atoms.